The van der Waals surface area contributed by atoms with E-state index in [0.29, 0.717) is 0 Å². The zero-order valence-electron chi connectivity index (χ0n) is 22.2. The highest BCUT2D eigenvalue weighted by molar-refractivity contribution is 6.01. The molecule has 1 saturated heterocycles. The lowest BCUT2D eigenvalue weighted by Gasteiger charge is -2.34. The maximum atomic E-state index is 13.1. The van der Waals surface area contributed by atoms with Gasteiger partial charge in [0.15, 0.2) is 5.78 Å². The van der Waals surface area contributed by atoms with Gasteiger partial charge >= 0.3 is 5.69 Å². The molecule has 2 N–H and O–H groups in total. The number of carbonyl (C=O) groups excluding carboxylic acids is 2. The van der Waals surface area contributed by atoms with Gasteiger partial charge < -0.3 is 10.6 Å². The van der Waals surface area contributed by atoms with Crippen LogP contribution in [0, 0.1) is 0 Å². The van der Waals surface area contributed by atoms with Crippen LogP contribution in [0.15, 0.2) is 70.3 Å². The second-order valence-electron chi connectivity index (χ2n) is 9.51. The molecule has 1 aliphatic rings. The van der Waals surface area contributed by atoms with Gasteiger partial charge in [-0.05, 0) is 11.1 Å². The minimum Gasteiger partial charge on any atom is -0.384 e. The van der Waals surface area contributed by atoms with Crippen molar-refractivity contribution in [3.63, 3.8) is 0 Å². The van der Waals surface area contributed by atoms with Crippen molar-refractivity contribution in [2.45, 2.75) is 13.1 Å². The lowest BCUT2D eigenvalue weighted by atomic mass is 10.1. The maximum Gasteiger partial charge on any atom is 0.332 e. The highest BCUT2D eigenvalue weighted by Gasteiger charge is 2.25. The number of Topliss-reactive ketones (excluding diaryl/α,β-unsaturated/α-hetero) is 1. The summed E-state index contributed by atoms with van der Waals surface area (Å²) in [6.07, 6.45) is 0.750. The van der Waals surface area contributed by atoms with E-state index in [1.54, 1.807) is 14.1 Å². The van der Waals surface area contributed by atoms with Crippen molar-refractivity contribution in [3.05, 3.63) is 98.2 Å². The number of rotatable bonds is 8. The second kappa shape index (κ2) is 13.5. The molecular weight excluding hydrogens is 484 g/mol. The number of hydrogen-bond donors (Lipinski definition) is 1. The predicted molar refractivity (Wildman–Crippen MR) is 148 cm³/mol. The van der Waals surface area contributed by atoms with E-state index in [1.165, 1.54) is 22.1 Å². The Morgan fingerprint density at radius 2 is 1.34 bits per heavy atom. The smallest absolute Gasteiger partial charge is 0.332 e. The molecule has 1 aromatic heterocycles. The number of piperazine rings is 1. The van der Waals surface area contributed by atoms with E-state index in [9.17, 15) is 19.2 Å². The molecule has 0 aliphatic carbocycles. The lowest BCUT2D eigenvalue weighted by molar-refractivity contribution is -0.115. The maximum absolute atomic E-state index is 13.1. The first-order valence-corrected chi connectivity index (χ1v) is 12.5. The third-order valence-electron chi connectivity index (χ3n) is 6.34. The summed E-state index contributed by atoms with van der Waals surface area (Å²) < 4.78 is 2.26. The molecule has 1 aliphatic heterocycles. The van der Waals surface area contributed by atoms with Crippen LogP contribution in [0.1, 0.15) is 21.5 Å². The molecular formula is C28H36N6O4. The van der Waals surface area contributed by atoms with Crippen LogP contribution < -0.4 is 17.0 Å². The monoisotopic (exact) mass is 520 g/mol. The molecule has 202 valence electrons. The summed E-state index contributed by atoms with van der Waals surface area (Å²) in [6.45, 7) is 4.29. The molecule has 2 heterocycles. The van der Waals surface area contributed by atoms with E-state index in [0.717, 1.165) is 49.3 Å². The molecule has 0 saturated carbocycles. The van der Waals surface area contributed by atoms with Gasteiger partial charge in [-0.1, -0.05) is 60.7 Å². The minimum atomic E-state index is -0.644. The number of carbonyl (C=O) groups is 2. The topological polar surface area (TPSA) is 114 Å². The molecule has 0 spiro atoms. The predicted octanol–water partition coefficient (Wildman–Crippen LogP) is 0.882. The van der Waals surface area contributed by atoms with Crippen molar-refractivity contribution < 1.29 is 9.59 Å². The van der Waals surface area contributed by atoms with Gasteiger partial charge in [-0.15, -0.1) is 0 Å². The fraction of sp³-hybridized carbons (Fsp3) is 0.357. The summed E-state index contributed by atoms with van der Waals surface area (Å²) in [5.41, 5.74) is 7.05. The second-order valence-corrected chi connectivity index (χ2v) is 9.51. The number of nitrogens with zero attached hydrogens (tertiary/aromatic N) is 5. The summed E-state index contributed by atoms with van der Waals surface area (Å²) in [4.78, 5) is 53.9. The van der Waals surface area contributed by atoms with Crippen molar-refractivity contribution in [3.8, 4) is 0 Å². The van der Waals surface area contributed by atoms with E-state index in [1.807, 2.05) is 53.4 Å². The van der Waals surface area contributed by atoms with Gasteiger partial charge in [0.25, 0.3) is 5.56 Å². The van der Waals surface area contributed by atoms with Crippen LogP contribution in [0.25, 0.3) is 0 Å². The molecule has 2 aromatic carbocycles. The zero-order valence-corrected chi connectivity index (χ0v) is 22.2. The molecule has 0 radical (unpaired) electrons. The van der Waals surface area contributed by atoms with E-state index in [-0.39, 0.29) is 30.3 Å². The summed E-state index contributed by atoms with van der Waals surface area (Å²) >= 11 is 0. The zero-order chi connectivity index (χ0) is 27.7. The molecule has 10 nitrogen and oxygen atoms in total. The van der Waals surface area contributed by atoms with Crippen LogP contribution in [0.3, 0.4) is 0 Å². The number of benzene rings is 2. The lowest BCUT2D eigenvalue weighted by Crippen LogP contribution is -2.49. The van der Waals surface area contributed by atoms with Crippen LogP contribution in [0.4, 0.5) is 5.82 Å². The van der Waals surface area contributed by atoms with Crippen LogP contribution >= 0.6 is 0 Å². The first-order chi connectivity index (χ1) is 18.2. The normalized spacial score (nSPS) is 13.9. The van der Waals surface area contributed by atoms with E-state index < -0.39 is 11.2 Å². The molecule has 4 rings (SSSR count). The Hall–Kier alpha value is -4.02. The first kappa shape index (κ1) is 28.5. The van der Waals surface area contributed by atoms with Gasteiger partial charge in [0.1, 0.15) is 11.4 Å². The number of aromatic nitrogens is 2. The SMILES string of the molecule is CN(C)C=O.Cn1c(=O)c(C(=O)CN2CCN(Cc3ccccc3)CC2)c(N)n(Cc2ccccc2)c1=O. The Balaban J connectivity index is 0.000000732. The Morgan fingerprint density at radius 3 is 1.84 bits per heavy atom. The summed E-state index contributed by atoms with van der Waals surface area (Å²) in [7, 11) is 4.75. The van der Waals surface area contributed by atoms with Gasteiger partial charge in [-0.2, -0.15) is 0 Å². The van der Waals surface area contributed by atoms with Crippen LogP contribution in [0.5, 0.6) is 0 Å². The van der Waals surface area contributed by atoms with Crippen LogP contribution in [-0.2, 0) is 24.9 Å². The van der Waals surface area contributed by atoms with Crippen LogP contribution in [0.2, 0.25) is 0 Å². The fourth-order valence-corrected chi connectivity index (χ4v) is 4.19. The number of amides is 1. The molecule has 0 bridgehead atoms. The van der Waals surface area contributed by atoms with E-state index in [4.69, 9.17) is 5.73 Å². The number of hydrogen-bond acceptors (Lipinski definition) is 7. The Morgan fingerprint density at radius 1 is 0.868 bits per heavy atom. The molecule has 0 atom stereocenters. The highest BCUT2D eigenvalue weighted by atomic mass is 16.2. The van der Waals surface area contributed by atoms with Gasteiger partial charge in [0.2, 0.25) is 6.41 Å². The van der Waals surface area contributed by atoms with Crippen molar-refractivity contribution in [2.75, 3.05) is 52.6 Å². The van der Waals surface area contributed by atoms with Crippen LogP contribution in [-0.4, -0.2) is 82.8 Å². The summed E-state index contributed by atoms with van der Waals surface area (Å²) in [5, 5.41) is 0. The van der Waals surface area contributed by atoms with Gasteiger partial charge in [0.05, 0.1) is 13.1 Å². The third kappa shape index (κ3) is 7.50. The number of nitrogens with two attached hydrogens (primary N) is 1. The Bertz CT molecular complexity index is 1330. The van der Waals surface area contributed by atoms with Crippen molar-refractivity contribution in [2.24, 2.45) is 7.05 Å². The third-order valence-corrected chi connectivity index (χ3v) is 6.34. The Kier molecular flexibility index (Phi) is 10.1. The molecule has 1 amide bonds. The molecule has 0 unspecified atom stereocenters. The minimum absolute atomic E-state index is 0.0698. The van der Waals surface area contributed by atoms with Gasteiger partial charge in [0, 0.05) is 53.9 Å². The number of ketones is 1. The van der Waals surface area contributed by atoms with Gasteiger partial charge in [-0.3, -0.25) is 33.3 Å². The number of anilines is 1. The summed E-state index contributed by atoms with van der Waals surface area (Å²) in [6, 6.07) is 19.6. The molecule has 1 fully saturated rings. The summed E-state index contributed by atoms with van der Waals surface area (Å²) in [5.74, 6) is -0.425. The average Bonchev–Trinajstić information content (AvgIpc) is 2.92. The largest absolute Gasteiger partial charge is 0.384 e. The molecule has 10 heteroatoms. The quantitative estimate of drug-likeness (QED) is 0.347. The van der Waals surface area contributed by atoms with Crippen molar-refractivity contribution in [1.29, 1.82) is 0 Å². The highest BCUT2D eigenvalue weighted by Crippen LogP contribution is 2.12. The fourth-order valence-electron chi connectivity index (χ4n) is 4.19. The number of nitrogen functional groups attached to an aromatic ring is 1. The average molecular weight is 521 g/mol. The Labute approximate surface area is 222 Å². The van der Waals surface area contributed by atoms with E-state index in [2.05, 4.69) is 17.0 Å². The molecule has 3 aromatic rings. The van der Waals surface area contributed by atoms with Gasteiger partial charge in [-0.25, -0.2) is 4.79 Å². The first-order valence-electron chi connectivity index (χ1n) is 12.5. The molecule has 38 heavy (non-hydrogen) atoms. The standard InChI is InChI=1S/C25H29N5O3.C3H7NO/c1-27-24(32)22(23(26)30(25(27)33)17-20-10-6-3-7-11-20)21(31)18-29-14-12-28(13-15-29)16-19-8-4-2-5-9-19;1-4(2)3-5/h2-11H,12-18,26H2,1H3;3H,1-2H3. The van der Waals surface area contributed by atoms with Crippen molar-refractivity contribution in [1.82, 2.24) is 23.8 Å². The van der Waals surface area contributed by atoms with E-state index >= 15 is 0 Å². The van der Waals surface area contributed by atoms with Crippen molar-refractivity contribution >= 4 is 18.0 Å².